The van der Waals surface area contributed by atoms with E-state index in [0.29, 0.717) is 5.92 Å². The summed E-state index contributed by atoms with van der Waals surface area (Å²) in [5.74, 6) is 0.597. The summed E-state index contributed by atoms with van der Waals surface area (Å²) in [7, 11) is 0. The molecule has 134 valence electrons. The van der Waals surface area contributed by atoms with Crippen LogP contribution >= 0.6 is 38.6 Å². The van der Waals surface area contributed by atoms with Gasteiger partial charge < -0.3 is 4.90 Å². The Bertz CT molecular complexity index is 764. The van der Waals surface area contributed by atoms with Crippen LogP contribution in [0, 0.1) is 0 Å². The molecule has 1 saturated heterocycles. The minimum Gasteiger partial charge on any atom is -0.339 e. The summed E-state index contributed by atoms with van der Waals surface area (Å²) in [6.07, 6.45) is 5.60. The molecule has 3 heterocycles. The van der Waals surface area contributed by atoms with Gasteiger partial charge >= 0.3 is 0 Å². The smallest absolute Gasteiger partial charge is 0.246 e. The van der Waals surface area contributed by atoms with Crippen LogP contribution in [0.2, 0.25) is 0 Å². The quantitative estimate of drug-likeness (QED) is 0.576. The van der Waals surface area contributed by atoms with E-state index in [1.54, 1.807) is 28.7 Å². The molecule has 0 N–H and O–H groups in total. The van der Waals surface area contributed by atoms with E-state index in [2.05, 4.69) is 42.1 Å². The van der Waals surface area contributed by atoms with Gasteiger partial charge in [-0.15, -0.1) is 22.7 Å². The molecule has 0 unspecified atom stereocenters. The van der Waals surface area contributed by atoms with Crippen LogP contribution in [0.15, 0.2) is 27.4 Å². The molecule has 0 saturated carbocycles. The molecule has 2 aromatic rings. The van der Waals surface area contributed by atoms with Gasteiger partial charge in [-0.05, 0) is 40.9 Å². The molecular weight excluding hydrogens is 416 g/mol. The van der Waals surface area contributed by atoms with Gasteiger partial charge in [0.25, 0.3) is 0 Å². The average molecular weight is 439 g/mol. The van der Waals surface area contributed by atoms with Crippen LogP contribution in [-0.2, 0) is 10.2 Å². The van der Waals surface area contributed by atoms with Crippen molar-refractivity contribution in [1.82, 2.24) is 9.88 Å². The predicted octanol–water partition coefficient (Wildman–Crippen LogP) is 5.68. The maximum Gasteiger partial charge on any atom is 0.246 e. The van der Waals surface area contributed by atoms with E-state index in [1.165, 1.54) is 10.7 Å². The number of piperidine rings is 1. The lowest BCUT2D eigenvalue weighted by atomic mass is 9.93. The molecule has 0 aliphatic carbocycles. The van der Waals surface area contributed by atoms with Gasteiger partial charge in [0.1, 0.15) is 0 Å². The third-order valence-electron chi connectivity index (χ3n) is 4.42. The third kappa shape index (κ3) is 4.80. The number of carbonyl (C=O) groups is 1. The number of halogens is 1. The SMILES string of the molecule is CC(C)(C)c1csc(C2CCN(C(=O)C=Cc3cc(Br)cs3)CC2)n1. The van der Waals surface area contributed by atoms with Crippen LogP contribution in [0.5, 0.6) is 0 Å². The summed E-state index contributed by atoms with van der Waals surface area (Å²) in [5, 5.41) is 5.44. The normalized spacial score (nSPS) is 16.7. The molecule has 2 aromatic heterocycles. The van der Waals surface area contributed by atoms with E-state index >= 15 is 0 Å². The van der Waals surface area contributed by atoms with E-state index in [-0.39, 0.29) is 11.3 Å². The Hall–Kier alpha value is -0.980. The zero-order chi connectivity index (χ0) is 18.0. The number of rotatable bonds is 3. The summed E-state index contributed by atoms with van der Waals surface area (Å²) in [5.41, 5.74) is 1.28. The molecule has 25 heavy (non-hydrogen) atoms. The topological polar surface area (TPSA) is 33.2 Å². The molecular formula is C19H23BrN2OS2. The average Bonchev–Trinajstić information content (AvgIpc) is 3.21. The van der Waals surface area contributed by atoms with Crippen LogP contribution < -0.4 is 0 Å². The zero-order valence-electron chi connectivity index (χ0n) is 14.8. The van der Waals surface area contributed by atoms with Gasteiger partial charge in [0.05, 0.1) is 10.7 Å². The van der Waals surface area contributed by atoms with Crippen LogP contribution in [0.1, 0.15) is 55.1 Å². The standard InChI is InChI=1S/C19H23BrN2OS2/c1-19(2,3)16-12-25-18(21-16)13-6-8-22(9-7-13)17(23)5-4-15-10-14(20)11-24-15/h4-5,10-13H,6-9H2,1-3H3. The highest BCUT2D eigenvalue weighted by molar-refractivity contribution is 9.10. The highest BCUT2D eigenvalue weighted by atomic mass is 79.9. The molecule has 0 bridgehead atoms. The summed E-state index contributed by atoms with van der Waals surface area (Å²) in [6.45, 7) is 8.22. The van der Waals surface area contributed by atoms with E-state index < -0.39 is 0 Å². The summed E-state index contributed by atoms with van der Waals surface area (Å²) in [4.78, 5) is 20.3. The second-order valence-corrected chi connectivity index (χ2v) is 10.2. The first-order chi connectivity index (χ1) is 11.8. The molecule has 3 nitrogen and oxygen atoms in total. The van der Waals surface area contributed by atoms with Crippen molar-refractivity contribution in [2.45, 2.75) is 44.9 Å². The lowest BCUT2D eigenvalue weighted by Crippen LogP contribution is -2.36. The van der Waals surface area contributed by atoms with Gasteiger partial charge in [-0.2, -0.15) is 0 Å². The van der Waals surface area contributed by atoms with Crippen molar-refractivity contribution >= 4 is 50.6 Å². The van der Waals surface area contributed by atoms with Gasteiger partial charge in [-0.3, -0.25) is 4.79 Å². The fraction of sp³-hybridized carbons (Fsp3) is 0.474. The number of aromatic nitrogens is 1. The first-order valence-electron chi connectivity index (χ1n) is 8.50. The van der Waals surface area contributed by atoms with Crippen molar-refractivity contribution in [2.24, 2.45) is 0 Å². The number of nitrogens with zero attached hydrogens (tertiary/aromatic N) is 2. The highest BCUT2D eigenvalue weighted by Gasteiger charge is 2.26. The molecule has 6 heteroatoms. The van der Waals surface area contributed by atoms with Gasteiger partial charge in [-0.25, -0.2) is 4.98 Å². The first-order valence-corrected chi connectivity index (χ1v) is 11.0. The Balaban J connectivity index is 1.55. The Morgan fingerprint density at radius 2 is 2.00 bits per heavy atom. The predicted molar refractivity (Wildman–Crippen MR) is 110 cm³/mol. The number of likely N-dealkylation sites (tertiary alicyclic amines) is 1. The fourth-order valence-corrected chi connectivity index (χ4v) is 5.40. The molecule has 1 fully saturated rings. The number of carbonyl (C=O) groups excluding carboxylic acids is 1. The molecule has 1 aliphatic rings. The second-order valence-electron chi connectivity index (χ2n) is 7.42. The molecule has 0 aromatic carbocycles. The van der Waals surface area contributed by atoms with Gasteiger partial charge in [0, 0.05) is 50.6 Å². The molecule has 1 aliphatic heterocycles. The monoisotopic (exact) mass is 438 g/mol. The number of thiazole rings is 1. The molecule has 0 spiro atoms. The number of hydrogen-bond donors (Lipinski definition) is 0. The minimum absolute atomic E-state index is 0.104. The lowest BCUT2D eigenvalue weighted by Gasteiger charge is -2.30. The first kappa shape index (κ1) is 18.8. The summed E-state index contributed by atoms with van der Waals surface area (Å²) < 4.78 is 1.06. The number of amides is 1. The maximum atomic E-state index is 12.4. The van der Waals surface area contributed by atoms with E-state index in [4.69, 9.17) is 4.98 Å². The van der Waals surface area contributed by atoms with Crippen molar-refractivity contribution < 1.29 is 4.79 Å². The van der Waals surface area contributed by atoms with Crippen molar-refractivity contribution in [1.29, 1.82) is 0 Å². The Labute approximate surface area is 165 Å². The van der Waals surface area contributed by atoms with Crippen LogP contribution in [0.3, 0.4) is 0 Å². The van der Waals surface area contributed by atoms with Crippen molar-refractivity contribution in [3.05, 3.63) is 43.0 Å². The third-order valence-corrected chi connectivity index (χ3v) is 7.09. The summed E-state index contributed by atoms with van der Waals surface area (Å²) >= 11 is 6.83. The highest BCUT2D eigenvalue weighted by Crippen LogP contribution is 2.33. The number of thiophene rings is 1. The van der Waals surface area contributed by atoms with E-state index in [9.17, 15) is 4.79 Å². The van der Waals surface area contributed by atoms with Gasteiger partial charge in [0.2, 0.25) is 5.91 Å². The second kappa shape index (κ2) is 7.72. The van der Waals surface area contributed by atoms with Crippen molar-refractivity contribution in [3.63, 3.8) is 0 Å². The Kier molecular flexibility index (Phi) is 5.81. The minimum atomic E-state index is 0.104. The molecule has 0 radical (unpaired) electrons. The largest absolute Gasteiger partial charge is 0.339 e. The van der Waals surface area contributed by atoms with E-state index in [0.717, 1.165) is 35.3 Å². The van der Waals surface area contributed by atoms with Crippen LogP contribution in [0.25, 0.3) is 6.08 Å². The Morgan fingerprint density at radius 1 is 1.28 bits per heavy atom. The van der Waals surface area contributed by atoms with Crippen molar-refractivity contribution in [2.75, 3.05) is 13.1 Å². The number of hydrogen-bond acceptors (Lipinski definition) is 4. The van der Waals surface area contributed by atoms with Gasteiger partial charge in [-0.1, -0.05) is 20.8 Å². The fourth-order valence-electron chi connectivity index (χ4n) is 2.84. The maximum absolute atomic E-state index is 12.4. The molecule has 1 amide bonds. The van der Waals surface area contributed by atoms with E-state index in [1.807, 2.05) is 22.4 Å². The van der Waals surface area contributed by atoms with Crippen LogP contribution in [-0.4, -0.2) is 28.9 Å². The zero-order valence-corrected chi connectivity index (χ0v) is 18.0. The summed E-state index contributed by atoms with van der Waals surface area (Å²) in [6, 6.07) is 2.02. The molecule has 3 rings (SSSR count). The molecule has 0 atom stereocenters. The lowest BCUT2D eigenvalue weighted by molar-refractivity contribution is -0.126. The van der Waals surface area contributed by atoms with Crippen LogP contribution in [0.4, 0.5) is 0 Å². The van der Waals surface area contributed by atoms with Gasteiger partial charge in [0.15, 0.2) is 0 Å². The van der Waals surface area contributed by atoms with Crippen molar-refractivity contribution in [3.8, 4) is 0 Å². The Morgan fingerprint density at radius 3 is 2.56 bits per heavy atom.